The molecule has 0 aliphatic carbocycles. The lowest BCUT2D eigenvalue weighted by molar-refractivity contribution is -0.121. The van der Waals surface area contributed by atoms with E-state index in [-0.39, 0.29) is 42.4 Å². The van der Waals surface area contributed by atoms with Crippen molar-refractivity contribution in [3.63, 3.8) is 0 Å². The van der Waals surface area contributed by atoms with Crippen molar-refractivity contribution in [3.8, 4) is 0 Å². The van der Waals surface area contributed by atoms with Crippen molar-refractivity contribution in [1.29, 1.82) is 0 Å². The maximum atomic E-state index is 12.5. The summed E-state index contributed by atoms with van der Waals surface area (Å²) in [4.78, 5) is 49.2. The second-order valence-corrected chi connectivity index (χ2v) is 6.43. The van der Waals surface area contributed by atoms with E-state index in [1.54, 1.807) is 36.6 Å². The number of hydrogen-bond acceptors (Lipinski definition) is 6. The van der Waals surface area contributed by atoms with Crippen molar-refractivity contribution < 1.29 is 23.9 Å². The summed E-state index contributed by atoms with van der Waals surface area (Å²) in [6, 6.07) is 7.84. The van der Waals surface area contributed by atoms with Crippen molar-refractivity contribution >= 4 is 45.7 Å². The molecular weight excluding hydrogens is 356 g/mol. The summed E-state index contributed by atoms with van der Waals surface area (Å²) in [7, 11) is 0. The fourth-order valence-corrected chi connectivity index (χ4v) is 3.37. The zero-order valence-electron chi connectivity index (χ0n) is 14.0. The highest BCUT2D eigenvalue weighted by Gasteiger charge is 2.30. The predicted molar refractivity (Wildman–Crippen MR) is 96.4 cm³/mol. The third-order valence-corrected chi connectivity index (χ3v) is 4.64. The average molecular weight is 372 g/mol. The minimum atomic E-state index is -0.508. The molecule has 2 aromatic rings. The highest BCUT2D eigenvalue weighted by atomic mass is 32.1. The molecule has 0 radical (unpaired) electrons. The first-order valence-electron chi connectivity index (χ1n) is 8.03. The molecule has 1 N–H and O–H groups in total. The molecule has 1 aliphatic rings. The number of imide groups is 1. The van der Waals surface area contributed by atoms with Gasteiger partial charge in [-0.3, -0.25) is 19.3 Å². The lowest BCUT2D eigenvalue weighted by Gasteiger charge is -2.14. The fourth-order valence-electron chi connectivity index (χ4n) is 2.60. The van der Waals surface area contributed by atoms with E-state index in [9.17, 15) is 19.2 Å². The summed E-state index contributed by atoms with van der Waals surface area (Å²) in [5.74, 6) is -1.52. The second kappa shape index (κ2) is 7.49. The van der Waals surface area contributed by atoms with Crippen LogP contribution in [0, 0.1) is 0 Å². The molecule has 1 aliphatic heterocycles. The molecule has 1 fully saturated rings. The van der Waals surface area contributed by atoms with Gasteiger partial charge in [0.15, 0.2) is 0 Å². The molecule has 0 saturated carbocycles. The molecule has 0 unspecified atom stereocenters. The third-order valence-electron chi connectivity index (χ3n) is 3.81. The van der Waals surface area contributed by atoms with Crippen LogP contribution in [-0.4, -0.2) is 30.3 Å². The van der Waals surface area contributed by atoms with Gasteiger partial charge in [-0.1, -0.05) is 6.07 Å². The van der Waals surface area contributed by atoms with E-state index in [0.29, 0.717) is 10.7 Å². The Labute approximate surface area is 153 Å². The number of nitrogens with zero attached hydrogens (tertiary/aromatic N) is 1. The SMILES string of the molecule is CCOC(=O)c1ccsc1NC(=O)c1cccc(N2C(=O)CCC2=O)c1. The fraction of sp³-hybridized carbons (Fsp3) is 0.222. The van der Waals surface area contributed by atoms with Crippen molar-refractivity contribution in [3.05, 3.63) is 46.8 Å². The van der Waals surface area contributed by atoms with Gasteiger partial charge in [-0.25, -0.2) is 4.79 Å². The van der Waals surface area contributed by atoms with Crippen molar-refractivity contribution in [2.45, 2.75) is 19.8 Å². The van der Waals surface area contributed by atoms with Crippen LogP contribution in [0.1, 0.15) is 40.5 Å². The number of benzene rings is 1. The lowest BCUT2D eigenvalue weighted by atomic mass is 10.1. The van der Waals surface area contributed by atoms with Gasteiger partial charge in [-0.2, -0.15) is 0 Å². The first-order chi connectivity index (χ1) is 12.5. The molecule has 2 heterocycles. The van der Waals surface area contributed by atoms with Crippen LogP contribution < -0.4 is 10.2 Å². The summed E-state index contributed by atoms with van der Waals surface area (Å²) in [6.45, 7) is 1.94. The molecule has 1 aromatic carbocycles. The minimum absolute atomic E-state index is 0.174. The van der Waals surface area contributed by atoms with E-state index in [2.05, 4.69) is 5.32 Å². The smallest absolute Gasteiger partial charge is 0.341 e. The summed E-state index contributed by atoms with van der Waals surface area (Å²) in [5.41, 5.74) is 0.923. The molecule has 26 heavy (non-hydrogen) atoms. The first-order valence-corrected chi connectivity index (χ1v) is 8.91. The van der Waals surface area contributed by atoms with Gasteiger partial charge < -0.3 is 10.1 Å². The van der Waals surface area contributed by atoms with Gasteiger partial charge in [0.25, 0.3) is 5.91 Å². The van der Waals surface area contributed by atoms with E-state index < -0.39 is 11.9 Å². The van der Waals surface area contributed by atoms with Crippen molar-refractivity contribution in [1.82, 2.24) is 0 Å². The highest BCUT2D eigenvalue weighted by Crippen LogP contribution is 2.26. The van der Waals surface area contributed by atoms with E-state index in [4.69, 9.17) is 4.74 Å². The molecule has 134 valence electrons. The number of hydrogen-bond donors (Lipinski definition) is 1. The second-order valence-electron chi connectivity index (χ2n) is 5.51. The van der Waals surface area contributed by atoms with Crippen LogP contribution in [-0.2, 0) is 14.3 Å². The van der Waals surface area contributed by atoms with Gasteiger partial charge in [0, 0.05) is 18.4 Å². The molecular formula is C18H16N2O5S. The van der Waals surface area contributed by atoms with Gasteiger partial charge in [0.2, 0.25) is 11.8 Å². The molecule has 0 spiro atoms. The number of amides is 3. The average Bonchev–Trinajstić information content (AvgIpc) is 3.21. The molecule has 1 saturated heterocycles. The van der Waals surface area contributed by atoms with E-state index in [1.165, 1.54) is 17.4 Å². The molecule has 0 bridgehead atoms. The Bertz CT molecular complexity index is 873. The number of carbonyl (C=O) groups excluding carboxylic acids is 4. The molecule has 3 amide bonds. The zero-order chi connectivity index (χ0) is 18.7. The predicted octanol–water partition coefficient (Wildman–Crippen LogP) is 2.83. The Morgan fingerprint density at radius 3 is 2.62 bits per heavy atom. The van der Waals surface area contributed by atoms with Crippen LogP contribution in [0.25, 0.3) is 0 Å². The molecule has 7 nitrogen and oxygen atoms in total. The molecule has 8 heteroatoms. The number of anilines is 2. The minimum Gasteiger partial charge on any atom is -0.462 e. The molecule has 0 atom stereocenters. The van der Waals surface area contributed by atoms with Crippen LogP contribution in [0.4, 0.5) is 10.7 Å². The topological polar surface area (TPSA) is 92.8 Å². The molecule has 3 rings (SSSR count). The Hall–Kier alpha value is -3.00. The Morgan fingerprint density at radius 2 is 1.92 bits per heavy atom. The quantitative estimate of drug-likeness (QED) is 0.643. The summed E-state index contributed by atoms with van der Waals surface area (Å²) in [5, 5.41) is 4.74. The van der Waals surface area contributed by atoms with Crippen LogP contribution in [0.15, 0.2) is 35.7 Å². The number of nitrogens with one attached hydrogen (secondary N) is 1. The largest absolute Gasteiger partial charge is 0.462 e. The normalized spacial score (nSPS) is 13.8. The number of carbonyl (C=O) groups is 4. The highest BCUT2D eigenvalue weighted by molar-refractivity contribution is 7.14. The Morgan fingerprint density at radius 1 is 1.19 bits per heavy atom. The lowest BCUT2D eigenvalue weighted by Crippen LogP contribution is -2.28. The number of rotatable bonds is 5. The summed E-state index contributed by atoms with van der Waals surface area (Å²) in [6.07, 6.45) is 0.348. The number of ether oxygens (including phenoxy) is 1. The number of thiophene rings is 1. The Balaban J connectivity index is 1.80. The van der Waals surface area contributed by atoms with E-state index in [0.717, 1.165) is 4.90 Å². The number of esters is 1. The Kier molecular flexibility index (Phi) is 5.13. The first kappa shape index (κ1) is 17.8. The van der Waals surface area contributed by atoms with Crippen LogP contribution in [0.2, 0.25) is 0 Å². The van der Waals surface area contributed by atoms with Gasteiger partial charge in [-0.15, -0.1) is 11.3 Å². The third kappa shape index (κ3) is 3.50. The van der Waals surface area contributed by atoms with Crippen LogP contribution in [0.3, 0.4) is 0 Å². The summed E-state index contributed by atoms with van der Waals surface area (Å²) >= 11 is 1.21. The monoisotopic (exact) mass is 372 g/mol. The van der Waals surface area contributed by atoms with Crippen LogP contribution in [0.5, 0.6) is 0 Å². The van der Waals surface area contributed by atoms with E-state index in [1.807, 2.05) is 0 Å². The molecule has 1 aromatic heterocycles. The summed E-state index contributed by atoms with van der Waals surface area (Å²) < 4.78 is 4.96. The maximum absolute atomic E-state index is 12.5. The van der Waals surface area contributed by atoms with Gasteiger partial charge in [0.1, 0.15) is 5.00 Å². The van der Waals surface area contributed by atoms with Gasteiger partial charge in [-0.05, 0) is 36.6 Å². The van der Waals surface area contributed by atoms with Gasteiger partial charge >= 0.3 is 5.97 Å². The van der Waals surface area contributed by atoms with Crippen molar-refractivity contribution in [2.75, 3.05) is 16.8 Å². The van der Waals surface area contributed by atoms with Crippen LogP contribution >= 0.6 is 11.3 Å². The standard InChI is InChI=1S/C18H16N2O5S/c1-2-25-18(24)13-8-9-26-17(13)19-16(23)11-4-3-5-12(10-11)20-14(21)6-7-15(20)22/h3-5,8-10H,2,6-7H2,1H3,(H,19,23). The zero-order valence-corrected chi connectivity index (χ0v) is 14.8. The van der Waals surface area contributed by atoms with Gasteiger partial charge in [0.05, 0.1) is 17.9 Å². The van der Waals surface area contributed by atoms with E-state index >= 15 is 0 Å². The maximum Gasteiger partial charge on any atom is 0.341 e. The van der Waals surface area contributed by atoms with Crippen molar-refractivity contribution in [2.24, 2.45) is 0 Å².